The summed E-state index contributed by atoms with van der Waals surface area (Å²) < 4.78 is 41.1. The molecule has 4 rings (SSSR count). The molecule has 7 nitrogen and oxygen atoms in total. The number of alkyl halides is 3. The Morgan fingerprint density at radius 1 is 1.27 bits per heavy atom. The Kier molecular flexibility index (Phi) is 3.88. The average Bonchev–Trinajstić information content (AvgIpc) is 3.21. The van der Waals surface area contributed by atoms with Crippen molar-refractivity contribution in [2.75, 3.05) is 11.2 Å². The van der Waals surface area contributed by atoms with E-state index in [4.69, 9.17) is 5.73 Å². The maximum absolute atomic E-state index is 13.0. The first-order valence-corrected chi connectivity index (χ1v) is 8.16. The van der Waals surface area contributed by atoms with Crippen LogP contribution in [-0.2, 0) is 25.9 Å². The van der Waals surface area contributed by atoms with Crippen LogP contribution in [0.1, 0.15) is 35.3 Å². The van der Waals surface area contributed by atoms with Gasteiger partial charge in [0, 0.05) is 30.0 Å². The molecule has 10 heteroatoms. The van der Waals surface area contributed by atoms with Crippen LogP contribution < -0.4 is 27.4 Å². The summed E-state index contributed by atoms with van der Waals surface area (Å²) in [6.45, 7) is 3.66. The van der Waals surface area contributed by atoms with E-state index in [0.717, 1.165) is 23.4 Å². The third kappa shape index (κ3) is 2.90. The van der Waals surface area contributed by atoms with Crippen LogP contribution in [0.2, 0.25) is 0 Å². The summed E-state index contributed by atoms with van der Waals surface area (Å²) in [5.41, 5.74) is 13.9. The minimum Gasteiger partial charge on any atom is -0.399 e. The van der Waals surface area contributed by atoms with E-state index in [1.54, 1.807) is 6.92 Å². The Morgan fingerprint density at radius 2 is 2.08 bits per heavy atom. The lowest BCUT2D eigenvalue weighted by atomic mass is 10.0. The molecule has 2 aromatic rings. The molecule has 3 heterocycles. The summed E-state index contributed by atoms with van der Waals surface area (Å²) in [4.78, 5) is 9.10. The number of benzene rings is 1. The van der Waals surface area contributed by atoms with E-state index >= 15 is 0 Å². The van der Waals surface area contributed by atoms with Crippen LogP contribution in [0.4, 0.5) is 24.8 Å². The zero-order valence-electron chi connectivity index (χ0n) is 14.0. The molecule has 1 unspecified atom stereocenters. The second kappa shape index (κ2) is 5.99. The van der Waals surface area contributed by atoms with Gasteiger partial charge in [-0.05, 0) is 30.7 Å². The molecule has 2 aliphatic heterocycles. The second-order valence-electron chi connectivity index (χ2n) is 6.37. The molecule has 0 amide bonds. The van der Waals surface area contributed by atoms with E-state index in [1.807, 2.05) is 4.57 Å². The van der Waals surface area contributed by atoms with Gasteiger partial charge in [0.1, 0.15) is 0 Å². The molecule has 2 aliphatic rings. The van der Waals surface area contributed by atoms with Crippen LogP contribution >= 0.6 is 0 Å². The van der Waals surface area contributed by atoms with Gasteiger partial charge in [-0.2, -0.15) is 18.2 Å². The third-order valence-corrected chi connectivity index (χ3v) is 4.55. The van der Waals surface area contributed by atoms with Crippen molar-refractivity contribution in [3.8, 4) is 0 Å². The normalized spacial score (nSPS) is 17.8. The standard InChI is InChI=1S/C16H18F3N7/c1-8(9-2-10(16(17,18)19)4-11(20)3-9)23-14-12-5-21-6-13(12)26-7-22-25-15(26)24-14/h2-4,8,21-22H,5-7,20H2,1H3,(H,23,24,25). The highest BCUT2D eigenvalue weighted by Gasteiger charge is 2.31. The van der Waals surface area contributed by atoms with E-state index in [0.29, 0.717) is 36.8 Å². The smallest absolute Gasteiger partial charge is 0.399 e. The first kappa shape index (κ1) is 16.9. The first-order chi connectivity index (χ1) is 12.3. The van der Waals surface area contributed by atoms with E-state index in [1.165, 1.54) is 6.07 Å². The van der Waals surface area contributed by atoms with E-state index in [2.05, 4.69) is 26.1 Å². The van der Waals surface area contributed by atoms with Gasteiger partial charge in [0.15, 0.2) is 5.49 Å². The number of nitrogen functional groups attached to an aromatic ring is 1. The minimum atomic E-state index is -4.45. The van der Waals surface area contributed by atoms with Crippen LogP contribution in [-0.4, -0.2) is 9.55 Å². The Morgan fingerprint density at radius 3 is 2.85 bits per heavy atom. The fourth-order valence-corrected chi connectivity index (χ4v) is 3.25. The number of fused-ring (bicyclic) bond motifs is 3. The number of hydrogen-bond donors (Lipinski definition) is 4. The predicted octanol–water partition coefficient (Wildman–Crippen LogP) is 1.64. The number of hydrazine groups is 1. The first-order valence-electron chi connectivity index (χ1n) is 8.16. The molecule has 138 valence electrons. The number of anilines is 2. The Hall–Kier alpha value is -2.59. The minimum absolute atomic E-state index is 0.0621. The van der Waals surface area contributed by atoms with Crippen molar-refractivity contribution in [1.82, 2.24) is 20.3 Å². The number of nitrogens with zero attached hydrogens (tertiary/aromatic N) is 3. The van der Waals surface area contributed by atoms with Gasteiger partial charge in [0.2, 0.25) is 5.95 Å². The lowest BCUT2D eigenvalue weighted by molar-refractivity contribution is -0.137. The van der Waals surface area contributed by atoms with Crippen molar-refractivity contribution in [2.45, 2.75) is 38.9 Å². The molecule has 0 spiro atoms. The second-order valence-corrected chi connectivity index (χ2v) is 6.37. The quantitative estimate of drug-likeness (QED) is 0.607. The fraction of sp³-hybridized carbons (Fsp3) is 0.375. The van der Waals surface area contributed by atoms with Crippen molar-refractivity contribution >= 4 is 11.6 Å². The van der Waals surface area contributed by atoms with Gasteiger partial charge in [0.05, 0.1) is 18.3 Å². The molecule has 0 fully saturated rings. The van der Waals surface area contributed by atoms with E-state index in [-0.39, 0.29) is 5.69 Å². The molecule has 0 aliphatic carbocycles. The zero-order chi connectivity index (χ0) is 18.5. The average molecular weight is 365 g/mol. The molecule has 1 aromatic heterocycles. The lowest BCUT2D eigenvalue weighted by Crippen LogP contribution is -2.21. The molecule has 1 atom stereocenters. The van der Waals surface area contributed by atoms with Gasteiger partial charge < -0.3 is 11.1 Å². The monoisotopic (exact) mass is 365 g/mol. The summed E-state index contributed by atoms with van der Waals surface area (Å²) in [6, 6.07) is 3.01. The molecule has 5 N–H and O–H groups in total. The summed E-state index contributed by atoms with van der Waals surface area (Å²) in [5.74, 6) is 0.641. The fourth-order valence-electron chi connectivity index (χ4n) is 3.25. The molecule has 1 aromatic carbocycles. The Labute approximate surface area is 147 Å². The molecule has 0 radical (unpaired) electrons. The summed E-state index contributed by atoms with van der Waals surface area (Å²) in [7, 11) is 0. The number of hydrogen-bond acceptors (Lipinski definition) is 6. The predicted molar refractivity (Wildman–Crippen MR) is 89.4 cm³/mol. The Bertz CT molecular complexity index is 933. The van der Waals surface area contributed by atoms with Gasteiger partial charge >= 0.3 is 6.18 Å². The largest absolute Gasteiger partial charge is 0.416 e. The molecular weight excluding hydrogens is 347 g/mol. The van der Waals surface area contributed by atoms with Gasteiger partial charge in [0.25, 0.3) is 0 Å². The maximum Gasteiger partial charge on any atom is 0.416 e. The highest BCUT2D eigenvalue weighted by molar-refractivity contribution is 5.46. The molecule has 0 bridgehead atoms. The van der Waals surface area contributed by atoms with Gasteiger partial charge in [-0.25, -0.2) is 5.43 Å². The van der Waals surface area contributed by atoms with Crippen LogP contribution in [0.25, 0.3) is 0 Å². The van der Waals surface area contributed by atoms with Crippen molar-refractivity contribution in [2.24, 2.45) is 4.99 Å². The molecule has 0 saturated carbocycles. The molecule has 26 heavy (non-hydrogen) atoms. The molecular formula is C16H18F3N7. The van der Waals surface area contributed by atoms with Gasteiger partial charge in [-0.3, -0.25) is 15.0 Å². The zero-order valence-corrected chi connectivity index (χ0v) is 14.0. The lowest BCUT2D eigenvalue weighted by Gasteiger charge is -2.14. The summed E-state index contributed by atoms with van der Waals surface area (Å²) in [6.07, 6.45) is -4.45. The number of halogens is 3. The third-order valence-electron chi connectivity index (χ3n) is 4.55. The number of nitrogens with one attached hydrogen (secondary N) is 3. The van der Waals surface area contributed by atoms with Crippen molar-refractivity contribution in [1.29, 1.82) is 0 Å². The number of aromatic nitrogens is 2. The summed E-state index contributed by atoms with van der Waals surface area (Å²) in [5, 5.41) is 3.26. The van der Waals surface area contributed by atoms with Gasteiger partial charge in [-0.15, -0.1) is 0 Å². The van der Waals surface area contributed by atoms with Crippen LogP contribution in [0.3, 0.4) is 0 Å². The SMILES string of the molecule is CC(N=c1nc2n(c3c1CNC3)CNN2)c1cc(N)cc(C(F)(F)F)c1. The van der Waals surface area contributed by atoms with Gasteiger partial charge in [-0.1, -0.05) is 0 Å². The van der Waals surface area contributed by atoms with Crippen molar-refractivity contribution < 1.29 is 13.2 Å². The Balaban J connectivity index is 1.79. The van der Waals surface area contributed by atoms with Crippen LogP contribution in [0.5, 0.6) is 0 Å². The van der Waals surface area contributed by atoms with Crippen molar-refractivity contribution in [3.63, 3.8) is 0 Å². The molecule has 0 saturated heterocycles. The van der Waals surface area contributed by atoms with Crippen LogP contribution in [0.15, 0.2) is 23.2 Å². The van der Waals surface area contributed by atoms with Crippen LogP contribution in [0, 0.1) is 0 Å². The van der Waals surface area contributed by atoms with Crippen molar-refractivity contribution in [3.05, 3.63) is 46.1 Å². The topological polar surface area (TPSA) is 92.3 Å². The summed E-state index contributed by atoms with van der Waals surface area (Å²) >= 11 is 0. The number of nitrogens with two attached hydrogens (primary N) is 1. The van der Waals surface area contributed by atoms with E-state index in [9.17, 15) is 13.2 Å². The van der Waals surface area contributed by atoms with E-state index < -0.39 is 17.8 Å². The maximum atomic E-state index is 13.0. The highest BCUT2D eigenvalue weighted by atomic mass is 19.4. The highest BCUT2D eigenvalue weighted by Crippen LogP contribution is 2.33. The number of rotatable bonds is 2.